The fourth-order valence-corrected chi connectivity index (χ4v) is 1.08. The van der Waals surface area contributed by atoms with Gasteiger partial charge in [0.1, 0.15) is 5.82 Å². The molecule has 0 atom stereocenters. The Balaban J connectivity index is 2.37. The van der Waals surface area contributed by atoms with Crippen molar-refractivity contribution >= 4 is 5.78 Å². The highest BCUT2D eigenvalue weighted by molar-refractivity contribution is 6.06. The number of halogens is 1. The van der Waals surface area contributed by atoms with Crippen LogP contribution in [0.3, 0.4) is 0 Å². The lowest BCUT2D eigenvalue weighted by Crippen LogP contribution is -2.06. The van der Waals surface area contributed by atoms with E-state index in [1.807, 2.05) is 0 Å². The van der Waals surface area contributed by atoms with Gasteiger partial charge < -0.3 is 0 Å². The van der Waals surface area contributed by atoms with Crippen molar-refractivity contribution < 1.29 is 9.18 Å². The van der Waals surface area contributed by atoms with Crippen molar-refractivity contribution in [1.29, 1.82) is 0 Å². The van der Waals surface area contributed by atoms with Crippen LogP contribution in [0.1, 0.15) is 16.2 Å². The predicted octanol–water partition coefficient (Wildman–Crippen LogP) is 1.24. The van der Waals surface area contributed by atoms with E-state index in [9.17, 15) is 9.18 Å². The van der Waals surface area contributed by atoms with Crippen LogP contribution in [-0.4, -0.2) is 20.7 Å². The molecule has 0 radical (unpaired) electrons. The van der Waals surface area contributed by atoms with E-state index in [1.54, 1.807) is 6.07 Å². The third-order valence-corrected chi connectivity index (χ3v) is 1.74. The van der Waals surface area contributed by atoms with Gasteiger partial charge in [0.05, 0.1) is 6.20 Å². The van der Waals surface area contributed by atoms with Crippen molar-refractivity contribution in [3.05, 3.63) is 54.1 Å². The van der Waals surface area contributed by atoms with E-state index >= 15 is 0 Å². The quantitative estimate of drug-likeness (QED) is 0.689. The Morgan fingerprint density at radius 2 is 1.93 bits per heavy atom. The SMILES string of the molecule is O=C(c1cncc(F)c1)c1ncccn1. The number of aromatic nitrogens is 3. The number of pyridine rings is 1. The normalized spacial score (nSPS) is 9.93. The van der Waals surface area contributed by atoms with Gasteiger partial charge in [0.25, 0.3) is 0 Å². The Bertz CT molecular complexity index is 487. The first kappa shape index (κ1) is 9.39. The molecule has 2 heterocycles. The zero-order valence-electron chi connectivity index (χ0n) is 7.59. The second-order valence-electron chi connectivity index (χ2n) is 2.79. The summed E-state index contributed by atoms with van der Waals surface area (Å²) in [6.07, 6.45) is 5.21. The number of hydrogen-bond acceptors (Lipinski definition) is 4. The molecule has 0 aromatic carbocycles. The minimum atomic E-state index is -0.559. The highest BCUT2D eigenvalue weighted by Gasteiger charge is 2.12. The van der Waals surface area contributed by atoms with Crippen LogP contribution in [0.5, 0.6) is 0 Å². The molecule has 0 unspecified atom stereocenters. The number of rotatable bonds is 2. The van der Waals surface area contributed by atoms with Crippen molar-refractivity contribution in [2.75, 3.05) is 0 Å². The van der Waals surface area contributed by atoms with Crippen LogP contribution in [0.15, 0.2) is 36.9 Å². The van der Waals surface area contributed by atoms with Crippen molar-refractivity contribution in [2.45, 2.75) is 0 Å². The molecule has 0 aliphatic rings. The van der Waals surface area contributed by atoms with Gasteiger partial charge in [-0.1, -0.05) is 0 Å². The topological polar surface area (TPSA) is 55.7 Å². The molecule has 0 saturated heterocycles. The van der Waals surface area contributed by atoms with Gasteiger partial charge in [-0.05, 0) is 12.1 Å². The number of ketones is 1. The van der Waals surface area contributed by atoms with Gasteiger partial charge in [-0.2, -0.15) is 0 Å². The smallest absolute Gasteiger partial charge is 0.231 e. The van der Waals surface area contributed by atoms with E-state index < -0.39 is 11.6 Å². The highest BCUT2D eigenvalue weighted by Crippen LogP contribution is 2.05. The van der Waals surface area contributed by atoms with E-state index in [1.165, 1.54) is 18.6 Å². The summed E-state index contributed by atoms with van der Waals surface area (Å²) >= 11 is 0. The summed E-state index contributed by atoms with van der Waals surface area (Å²) in [5.74, 6) is -0.968. The van der Waals surface area contributed by atoms with Crippen LogP contribution in [0.25, 0.3) is 0 Å². The molecule has 0 N–H and O–H groups in total. The molecule has 0 aliphatic carbocycles. The fraction of sp³-hybridized carbons (Fsp3) is 0. The van der Waals surface area contributed by atoms with Gasteiger partial charge in [-0.25, -0.2) is 14.4 Å². The molecule has 0 amide bonds. The van der Waals surface area contributed by atoms with Crippen LogP contribution in [0.2, 0.25) is 0 Å². The van der Waals surface area contributed by atoms with E-state index in [4.69, 9.17) is 0 Å². The molecule has 0 spiro atoms. The lowest BCUT2D eigenvalue weighted by Gasteiger charge is -1.97. The first-order valence-corrected chi connectivity index (χ1v) is 4.19. The summed E-state index contributed by atoms with van der Waals surface area (Å²) in [5.41, 5.74) is 0.140. The number of hydrogen-bond donors (Lipinski definition) is 0. The molecule has 2 aromatic rings. The highest BCUT2D eigenvalue weighted by atomic mass is 19.1. The van der Waals surface area contributed by atoms with Gasteiger partial charge in [0.2, 0.25) is 11.6 Å². The van der Waals surface area contributed by atoms with E-state index in [2.05, 4.69) is 15.0 Å². The van der Waals surface area contributed by atoms with Crippen molar-refractivity contribution in [1.82, 2.24) is 15.0 Å². The number of carbonyl (C=O) groups is 1. The molecule has 2 aromatic heterocycles. The standard InChI is InChI=1S/C10H6FN3O/c11-8-4-7(5-12-6-8)9(15)10-13-2-1-3-14-10/h1-6H. The molecule has 5 heteroatoms. The molecular weight excluding hydrogens is 197 g/mol. The second kappa shape index (κ2) is 3.91. The molecular formula is C10H6FN3O. The first-order valence-electron chi connectivity index (χ1n) is 4.19. The maximum absolute atomic E-state index is 12.8. The van der Waals surface area contributed by atoms with Crippen LogP contribution >= 0.6 is 0 Å². The maximum Gasteiger partial charge on any atom is 0.231 e. The average molecular weight is 203 g/mol. The molecule has 0 fully saturated rings. The summed E-state index contributed by atoms with van der Waals surface area (Å²) in [6.45, 7) is 0. The van der Waals surface area contributed by atoms with Gasteiger partial charge in [-0.15, -0.1) is 0 Å². The number of nitrogens with zero attached hydrogens (tertiary/aromatic N) is 3. The largest absolute Gasteiger partial charge is 0.285 e. The lowest BCUT2D eigenvalue weighted by atomic mass is 10.2. The van der Waals surface area contributed by atoms with Crippen LogP contribution in [0, 0.1) is 5.82 Å². The predicted molar refractivity (Wildman–Crippen MR) is 49.7 cm³/mol. The van der Waals surface area contributed by atoms with Crippen LogP contribution in [-0.2, 0) is 0 Å². The van der Waals surface area contributed by atoms with Crippen molar-refractivity contribution in [2.24, 2.45) is 0 Å². The summed E-state index contributed by atoms with van der Waals surface area (Å²) < 4.78 is 12.8. The Morgan fingerprint density at radius 1 is 1.20 bits per heavy atom. The van der Waals surface area contributed by atoms with Gasteiger partial charge in [0.15, 0.2) is 0 Å². The van der Waals surface area contributed by atoms with E-state index in [-0.39, 0.29) is 11.4 Å². The zero-order valence-corrected chi connectivity index (χ0v) is 7.59. The summed E-state index contributed by atoms with van der Waals surface area (Å²) in [5, 5.41) is 0. The lowest BCUT2D eigenvalue weighted by molar-refractivity contribution is 0.102. The van der Waals surface area contributed by atoms with E-state index in [0.717, 1.165) is 12.3 Å². The molecule has 0 bridgehead atoms. The maximum atomic E-state index is 12.8. The molecule has 4 nitrogen and oxygen atoms in total. The van der Waals surface area contributed by atoms with Gasteiger partial charge in [0, 0.05) is 24.2 Å². The summed E-state index contributed by atoms with van der Waals surface area (Å²) in [6, 6.07) is 2.70. The molecule has 74 valence electrons. The molecule has 0 aliphatic heterocycles. The van der Waals surface area contributed by atoms with Crippen molar-refractivity contribution in [3.8, 4) is 0 Å². The summed E-state index contributed by atoms with van der Waals surface area (Å²) in [4.78, 5) is 22.8. The molecule has 0 saturated carbocycles. The second-order valence-corrected chi connectivity index (χ2v) is 2.79. The molecule has 2 rings (SSSR count). The van der Waals surface area contributed by atoms with Crippen molar-refractivity contribution in [3.63, 3.8) is 0 Å². The third kappa shape index (κ3) is 2.01. The number of carbonyl (C=O) groups excluding carboxylic acids is 1. The Hall–Kier alpha value is -2.17. The minimum absolute atomic E-state index is 0.0323. The van der Waals surface area contributed by atoms with Gasteiger partial charge >= 0.3 is 0 Å². The third-order valence-electron chi connectivity index (χ3n) is 1.74. The Morgan fingerprint density at radius 3 is 2.60 bits per heavy atom. The van der Waals surface area contributed by atoms with Crippen LogP contribution in [0.4, 0.5) is 4.39 Å². The molecule has 15 heavy (non-hydrogen) atoms. The summed E-state index contributed by atoms with van der Waals surface area (Å²) in [7, 11) is 0. The zero-order chi connectivity index (χ0) is 10.7. The minimum Gasteiger partial charge on any atom is -0.285 e. The average Bonchev–Trinajstić information content (AvgIpc) is 2.29. The van der Waals surface area contributed by atoms with Gasteiger partial charge in [-0.3, -0.25) is 9.78 Å². The van der Waals surface area contributed by atoms with Crippen LogP contribution < -0.4 is 0 Å². The first-order chi connectivity index (χ1) is 7.27. The fourth-order valence-electron chi connectivity index (χ4n) is 1.08. The Labute approximate surface area is 84.8 Å². The monoisotopic (exact) mass is 203 g/mol. The van der Waals surface area contributed by atoms with E-state index in [0.29, 0.717) is 0 Å². The Kier molecular flexibility index (Phi) is 2.45.